The van der Waals surface area contributed by atoms with Crippen LogP contribution in [0.5, 0.6) is 0 Å². The number of esters is 2. The van der Waals surface area contributed by atoms with Crippen molar-refractivity contribution >= 4 is 34.2 Å². The van der Waals surface area contributed by atoms with Crippen LogP contribution >= 0.6 is 11.3 Å². The van der Waals surface area contributed by atoms with E-state index in [1.54, 1.807) is 13.8 Å². The molecule has 0 aliphatic heterocycles. The lowest BCUT2D eigenvalue weighted by atomic mass is 10.1. The lowest BCUT2D eigenvalue weighted by Crippen LogP contribution is -2.23. The summed E-state index contributed by atoms with van der Waals surface area (Å²) in [7, 11) is 0. The minimum atomic E-state index is -0.766. The van der Waals surface area contributed by atoms with E-state index in [1.165, 1.54) is 24.3 Å². The van der Waals surface area contributed by atoms with Gasteiger partial charge in [0.25, 0.3) is 5.91 Å². The van der Waals surface area contributed by atoms with Gasteiger partial charge in [0.2, 0.25) is 0 Å². The summed E-state index contributed by atoms with van der Waals surface area (Å²) >= 11 is 1.35. The molecule has 3 rings (SSSR count). The van der Waals surface area contributed by atoms with E-state index in [0.717, 1.165) is 29.7 Å². The summed E-state index contributed by atoms with van der Waals surface area (Å²) in [5.74, 6) is -1.68. The molecule has 9 heteroatoms. The smallest absolute Gasteiger partial charge is 0.342 e. The number of fused-ring (bicyclic) bond motifs is 1. The Balaban J connectivity index is 1.70. The van der Waals surface area contributed by atoms with Crippen LogP contribution < -0.4 is 10.9 Å². The van der Waals surface area contributed by atoms with E-state index in [1.807, 2.05) is 0 Å². The topological polar surface area (TPSA) is 112 Å². The molecule has 1 N–H and O–H groups in total. The summed E-state index contributed by atoms with van der Waals surface area (Å²) in [6.45, 7) is 4.48. The van der Waals surface area contributed by atoms with Gasteiger partial charge in [-0.15, -0.1) is 11.3 Å². The summed E-state index contributed by atoms with van der Waals surface area (Å²) in [4.78, 5) is 49.3. The molecule has 8 nitrogen and oxygen atoms in total. The minimum absolute atomic E-state index is 0.111. The molecule has 0 spiro atoms. The van der Waals surface area contributed by atoms with Crippen LogP contribution in [0.2, 0.25) is 0 Å². The van der Waals surface area contributed by atoms with E-state index >= 15 is 0 Å². The highest BCUT2D eigenvalue weighted by atomic mass is 32.1. The SMILES string of the molecule is CCOC(=O)c1c(NC(=O)COC(=O)c2c(C)cc(=O)oc2C)sc2c1CCC2. The first-order chi connectivity index (χ1) is 13.8. The first kappa shape index (κ1) is 20.8. The standard InChI is InChI=1S/C20H21NO7S/c1-4-26-20(25)17-12-6-5-7-13(12)29-18(17)21-14(22)9-27-19(24)16-10(2)8-15(23)28-11(16)3/h8H,4-7,9H2,1-3H3,(H,21,22). The van der Waals surface area contributed by atoms with Crippen molar-refractivity contribution in [1.29, 1.82) is 0 Å². The van der Waals surface area contributed by atoms with Crippen molar-refractivity contribution in [3.63, 3.8) is 0 Å². The predicted molar refractivity (Wildman–Crippen MR) is 106 cm³/mol. The Kier molecular flexibility index (Phi) is 6.17. The van der Waals surface area contributed by atoms with E-state index in [9.17, 15) is 19.2 Å². The van der Waals surface area contributed by atoms with Gasteiger partial charge >= 0.3 is 17.6 Å². The van der Waals surface area contributed by atoms with Crippen molar-refractivity contribution in [2.45, 2.75) is 40.0 Å². The van der Waals surface area contributed by atoms with Crippen LogP contribution in [0.1, 0.15) is 55.8 Å². The largest absolute Gasteiger partial charge is 0.462 e. The average Bonchev–Trinajstić information content (AvgIpc) is 3.19. The van der Waals surface area contributed by atoms with Gasteiger partial charge in [-0.3, -0.25) is 4.79 Å². The lowest BCUT2D eigenvalue weighted by molar-refractivity contribution is -0.119. The number of anilines is 1. The van der Waals surface area contributed by atoms with Gasteiger partial charge in [0, 0.05) is 10.9 Å². The molecule has 0 fully saturated rings. The summed E-state index contributed by atoms with van der Waals surface area (Å²) in [5.41, 5.74) is 1.27. The summed E-state index contributed by atoms with van der Waals surface area (Å²) in [6, 6.07) is 1.18. The minimum Gasteiger partial charge on any atom is -0.462 e. The zero-order valence-corrected chi connectivity index (χ0v) is 17.2. The Morgan fingerprint density at radius 3 is 2.55 bits per heavy atom. The number of nitrogens with one attached hydrogen (secondary N) is 1. The molecule has 29 heavy (non-hydrogen) atoms. The number of hydrogen-bond acceptors (Lipinski definition) is 8. The van der Waals surface area contributed by atoms with Crippen LogP contribution in [-0.2, 0) is 27.1 Å². The van der Waals surface area contributed by atoms with E-state index in [2.05, 4.69) is 5.32 Å². The van der Waals surface area contributed by atoms with Crippen molar-refractivity contribution < 1.29 is 28.3 Å². The van der Waals surface area contributed by atoms with Gasteiger partial charge in [-0.05, 0) is 51.2 Å². The number of amides is 1. The molecule has 154 valence electrons. The normalized spacial score (nSPS) is 12.4. The third kappa shape index (κ3) is 4.40. The number of aryl methyl sites for hydroxylation is 3. The van der Waals surface area contributed by atoms with E-state index in [-0.39, 0.29) is 17.9 Å². The maximum Gasteiger partial charge on any atom is 0.342 e. The molecular formula is C20H21NO7S. The third-order valence-corrected chi connectivity index (χ3v) is 5.73. The number of thiophene rings is 1. The maximum atomic E-state index is 12.3. The Labute approximate surface area is 170 Å². The van der Waals surface area contributed by atoms with E-state index < -0.39 is 30.1 Å². The zero-order valence-electron chi connectivity index (χ0n) is 16.4. The highest BCUT2D eigenvalue weighted by molar-refractivity contribution is 7.17. The van der Waals surface area contributed by atoms with Crippen LogP contribution in [0, 0.1) is 13.8 Å². The molecule has 2 heterocycles. The fourth-order valence-electron chi connectivity index (χ4n) is 3.34. The van der Waals surface area contributed by atoms with Gasteiger partial charge < -0.3 is 19.2 Å². The molecule has 0 aromatic carbocycles. The first-order valence-corrected chi connectivity index (χ1v) is 10.0. The third-order valence-electron chi connectivity index (χ3n) is 4.53. The van der Waals surface area contributed by atoms with Gasteiger partial charge in [0.15, 0.2) is 6.61 Å². The van der Waals surface area contributed by atoms with Crippen molar-refractivity contribution in [2.75, 3.05) is 18.5 Å². The van der Waals surface area contributed by atoms with Crippen LogP contribution in [0.25, 0.3) is 0 Å². The molecule has 0 bridgehead atoms. The Bertz CT molecular complexity index is 1010. The number of carbonyl (C=O) groups excluding carboxylic acids is 3. The fourth-order valence-corrected chi connectivity index (χ4v) is 4.63. The van der Waals surface area contributed by atoms with E-state index in [4.69, 9.17) is 13.9 Å². The van der Waals surface area contributed by atoms with Gasteiger partial charge in [-0.25, -0.2) is 14.4 Å². The molecule has 0 radical (unpaired) electrons. The molecule has 0 saturated carbocycles. The van der Waals surface area contributed by atoms with Crippen LogP contribution in [0.4, 0.5) is 5.00 Å². The quantitative estimate of drug-likeness (QED) is 0.717. The number of carbonyl (C=O) groups is 3. The van der Waals surface area contributed by atoms with Gasteiger partial charge in [-0.2, -0.15) is 0 Å². The first-order valence-electron chi connectivity index (χ1n) is 9.21. The number of hydrogen-bond donors (Lipinski definition) is 1. The molecule has 0 atom stereocenters. The van der Waals surface area contributed by atoms with Gasteiger partial charge in [0.05, 0.1) is 12.2 Å². The number of rotatable bonds is 6. The maximum absolute atomic E-state index is 12.3. The highest BCUT2D eigenvalue weighted by Gasteiger charge is 2.28. The van der Waals surface area contributed by atoms with Gasteiger partial charge in [0.1, 0.15) is 16.3 Å². The second-order valence-electron chi connectivity index (χ2n) is 6.59. The second-order valence-corrected chi connectivity index (χ2v) is 7.69. The van der Waals surface area contributed by atoms with Crippen LogP contribution in [0.15, 0.2) is 15.3 Å². The van der Waals surface area contributed by atoms with Crippen molar-refractivity contribution in [3.8, 4) is 0 Å². The molecule has 1 aliphatic rings. The van der Waals surface area contributed by atoms with Crippen molar-refractivity contribution in [3.05, 3.63) is 49.4 Å². The van der Waals surface area contributed by atoms with Crippen molar-refractivity contribution in [1.82, 2.24) is 0 Å². The Morgan fingerprint density at radius 1 is 1.14 bits per heavy atom. The molecule has 2 aromatic heterocycles. The average molecular weight is 419 g/mol. The number of ether oxygens (including phenoxy) is 2. The zero-order chi connectivity index (χ0) is 21.1. The Morgan fingerprint density at radius 2 is 1.86 bits per heavy atom. The molecular weight excluding hydrogens is 398 g/mol. The molecule has 1 amide bonds. The van der Waals surface area contributed by atoms with Crippen LogP contribution in [0.3, 0.4) is 0 Å². The van der Waals surface area contributed by atoms with Gasteiger partial charge in [-0.1, -0.05) is 0 Å². The fraction of sp³-hybridized carbons (Fsp3) is 0.400. The monoisotopic (exact) mass is 419 g/mol. The molecule has 0 unspecified atom stereocenters. The van der Waals surface area contributed by atoms with Crippen molar-refractivity contribution in [2.24, 2.45) is 0 Å². The van der Waals surface area contributed by atoms with Crippen LogP contribution in [-0.4, -0.2) is 31.1 Å². The van der Waals surface area contributed by atoms with E-state index in [0.29, 0.717) is 16.1 Å². The molecule has 0 saturated heterocycles. The highest BCUT2D eigenvalue weighted by Crippen LogP contribution is 2.39. The summed E-state index contributed by atoms with van der Waals surface area (Å²) in [5, 5.41) is 3.06. The molecule has 2 aromatic rings. The summed E-state index contributed by atoms with van der Waals surface area (Å²) in [6.07, 6.45) is 2.59. The lowest BCUT2D eigenvalue weighted by Gasteiger charge is -2.10. The molecule has 1 aliphatic carbocycles. The second kappa shape index (κ2) is 8.60. The summed E-state index contributed by atoms with van der Waals surface area (Å²) < 4.78 is 15.1. The predicted octanol–water partition coefficient (Wildman–Crippen LogP) is 2.78. The Hall–Kier alpha value is -2.94.